The number of carboxylic acid groups (broad SMARTS) is 1. The standard InChI is InChI=1S/C19H18N4O7S/c24-16-9-11(1-3-13(16)18(26)27)20-19(31)21-17(25)14-10-12(23(28)29)2-4-15(14)22-5-7-30-8-6-22/h1-4,9-10,24H,5-8H2,(H,26,27)(H2,20,21,25,31). The number of phenols is 1. The van der Waals surface area contributed by atoms with Crippen molar-refractivity contribution in [2.75, 3.05) is 36.5 Å². The molecule has 0 spiro atoms. The Morgan fingerprint density at radius 1 is 1.13 bits per heavy atom. The topological polar surface area (TPSA) is 154 Å². The Balaban J connectivity index is 1.79. The second-order valence-corrected chi connectivity index (χ2v) is 6.91. The van der Waals surface area contributed by atoms with Gasteiger partial charge in [-0.25, -0.2) is 4.79 Å². The second-order valence-electron chi connectivity index (χ2n) is 6.50. The van der Waals surface area contributed by atoms with Crippen LogP contribution < -0.4 is 15.5 Å². The van der Waals surface area contributed by atoms with Gasteiger partial charge in [-0.3, -0.25) is 20.2 Å². The molecule has 1 aliphatic rings. The number of rotatable bonds is 5. The van der Waals surface area contributed by atoms with Crippen LogP contribution in [0.3, 0.4) is 0 Å². The van der Waals surface area contributed by atoms with E-state index in [1.165, 1.54) is 30.3 Å². The molecule has 2 aromatic rings. The van der Waals surface area contributed by atoms with Crippen LogP contribution in [0.25, 0.3) is 0 Å². The molecule has 31 heavy (non-hydrogen) atoms. The van der Waals surface area contributed by atoms with E-state index in [2.05, 4.69) is 10.6 Å². The van der Waals surface area contributed by atoms with Gasteiger partial charge in [0.15, 0.2) is 5.11 Å². The van der Waals surface area contributed by atoms with Crippen molar-refractivity contribution in [2.45, 2.75) is 0 Å². The number of hydrogen-bond acceptors (Lipinski definition) is 8. The largest absolute Gasteiger partial charge is 0.507 e. The van der Waals surface area contributed by atoms with Crippen LogP contribution in [0.4, 0.5) is 17.1 Å². The second kappa shape index (κ2) is 9.36. The molecule has 1 aliphatic heterocycles. The number of carbonyl (C=O) groups excluding carboxylic acids is 1. The van der Waals surface area contributed by atoms with Gasteiger partial charge in [-0.15, -0.1) is 0 Å². The van der Waals surface area contributed by atoms with Crippen molar-refractivity contribution in [3.63, 3.8) is 0 Å². The maximum Gasteiger partial charge on any atom is 0.339 e. The van der Waals surface area contributed by atoms with Crippen LogP contribution in [0.2, 0.25) is 0 Å². The summed E-state index contributed by atoms with van der Waals surface area (Å²) in [5.41, 5.74) is 0.310. The van der Waals surface area contributed by atoms with E-state index in [1.54, 1.807) is 0 Å². The monoisotopic (exact) mass is 446 g/mol. The molecule has 1 saturated heterocycles. The Labute approximate surface area is 181 Å². The van der Waals surface area contributed by atoms with E-state index in [0.29, 0.717) is 32.0 Å². The summed E-state index contributed by atoms with van der Waals surface area (Å²) < 4.78 is 5.31. The van der Waals surface area contributed by atoms with E-state index >= 15 is 0 Å². The van der Waals surface area contributed by atoms with Gasteiger partial charge in [-0.05, 0) is 30.4 Å². The summed E-state index contributed by atoms with van der Waals surface area (Å²) in [4.78, 5) is 36.3. The number of thiocarbonyl (C=S) groups is 1. The van der Waals surface area contributed by atoms with Crippen LogP contribution in [0.15, 0.2) is 36.4 Å². The van der Waals surface area contributed by atoms with Gasteiger partial charge in [0, 0.05) is 37.0 Å². The lowest BCUT2D eigenvalue weighted by Crippen LogP contribution is -2.39. The predicted octanol–water partition coefficient (Wildman–Crippen LogP) is 1.96. The highest BCUT2D eigenvalue weighted by molar-refractivity contribution is 7.80. The zero-order valence-corrected chi connectivity index (χ0v) is 16.8. The number of nitro groups is 1. The van der Waals surface area contributed by atoms with E-state index in [9.17, 15) is 24.8 Å². The van der Waals surface area contributed by atoms with Crippen molar-refractivity contribution >= 4 is 46.3 Å². The molecule has 3 rings (SSSR count). The van der Waals surface area contributed by atoms with Crippen molar-refractivity contribution < 1.29 is 29.5 Å². The number of ether oxygens (including phenoxy) is 1. The molecule has 2 aromatic carbocycles. The van der Waals surface area contributed by atoms with Crippen molar-refractivity contribution in [3.8, 4) is 5.75 Å². The van der Waals surface area contributed by atoms with Crippen LogP contribution in [0.1, 0.15) is 20.7 Å². The van der Waals surface area contributed by atoms with E-state index in [-0.39, 0.29) is 27.6 Å². The third-order valence-corrected chi connectivity index (χ3v) is 4.70. The quantitative estimate of drug-likeness (QED) is 0.304. The minimum Gasteiger partial charge on any atom is -0.507 e. The first-order valence-electron chi connectivity index (χ1n) is 9.06. The number of hydrogen-bond donors (Lipinski definition) is 4. The van der Waals surface area contributed by atoms with Crippen LogP contribution in [0, 0.1) is 10.1 Å². The molecule has 162 valence electrons. The summed E-state index contributed by atoms with van der Waals surface area (Å²) in [6.45, 7) is 1.98. The van der Waals surface area contributed by atoms with E-state index in [0.717, 1.165) is 6.07 Å². The fourth-order valence-electron chi connectivity index (χ4n) is 3.02. The Bertz CT molecular complexity index is 1050. The Hall–Kier alpha value is -3.77. The molecule has 1 heterocycles. The van der Waals surface area contributed by atoms with Gasteiger partial charge in [0.1, 0.15) is 11.3 Å². The lowest BCUT2D eigenvalue weighted by Gasteiger charge is -2.30. The lowest BCUT2D eigenvalue weighted by atomic mass is 10.1. The zero-order chi connectivity index (χ0) is 22.5. The van der Waals surface area contributed by atoms with Crippen LogP contribution in [-0.4, -0.2) is 58.4 Å². The Kier molecular flexibility index (Phi) is 6.62. The summed E-state index contributed by atoms with van der Waals surface area (Å²) in [5, 5.41) is 34.9. The summed E-state index contributed by atoms with van der Waals surface area (Å²) in [5.74, 6) is -2.42. The molecule has 1 fully saturated rings. The molecule has 0 radical (unpaired) electrons. The molecule has 0 bridgehead atoms. The first kappa shape index (κ1) is 21.9. The van der Waals surface area contributed by atoms with Crippen molar-refractivity contribution in [3.05, 3.63) is 57.6 Å². The summed E-state index contributed by atoms with van der Waals surface area (Å²) in [6.07, 6.45) is 0. The average Bonchev–Trinajstić information content (AvgIpc) is 2.73. The molecule has 0 atom stereocenters. The van der Waals surface area contributed by atoms with E-state index < -0.39 is 22.5 Å². The highest BCUT2D eigenvalue weighted by Crippen LogP contribution is 2.27. The molecule has 0 aromatic heterocycles. The number of carboxylic acids is 1. The summed E-state index contributed by atoms with van der Waals surface area (Å²) in [6, 6.07) is 7.71. The number of nitrogens with one attached hydrogen (secondary N) is 2. The number of aromatic hydroxyl groups is 1. The van der Waals surface area contributed by atoms with Crippen molar-refractivity contribution in [2.24, 2.45) is 0 Å². The molecule has 0 saturated carbocycles. The molecule has 0 aliphatic carbocycles. The Morgan fingerprint density at radius 3 is 2.45 bits per heavy atom. The smallest absolute Gasteiger partial charge is 0.339 e. The number of aromatic carboxylic acids is 1. The SMILES string of the molecule is O=C(O)c1ccc(NC(=S)NC(=O)c2cc([N+](=O)[O-])ccc2N2CCOCC2)cc1O. The van der Waals surface area contributed by atoms with E-state index in [1.807, 2.05) is 4.90 Å². The van der Waals surface area contributed by atoms with Gasteiger partial charge < -0.3 is 25.2 Å². The number of benzene rings is 2. The van der Waals surface area contributed by atoms with Crippen LogP contribution in [-0.2, 0) is 4.74 Å². The first-order chi connectivity index (χ1) is 14.8. The highest BCUT2D eigenvalue weighted by atomic mass is 32.1. The minimum atomic E-state index is -1.29. The first-order valence-corrected chi connectivity index (χ1v) is 9.47. The number of nitrogens with zero attached hydrogens (tertiary/aromatic N) is 2. The van der Waals surface area contributed by atoms with Gasteiger partial charge in [0.25, 0.3) is 11.6 Å². The normalized spacial score (nSPS) is 13.4. The fourth-order valence-corrected chi connectivity index (χ4v) is 3.23. The number of amides is 1. The lowest BCUT2D eigenvalue weighted by molar-refractivity contribution is -0.384. The van der Waals surface area contributed by atoms with Crippen LogP contribution >= 0.6 is 12.2 Å². The minimum absolute atomic E-state index is 0.0734. The number of carbonyl (C=O) groups is 2. The van der Waals surface area contributed by atoms with Gasteiger partial charge in [0.05, 0.1) is 29.4 Å². The van der Waals surface area contributed by atoms with Gasteiger partial charge in [-0.1, -0.05) is 0 Å². The molecule has 12 heteroatoms. The fraction of sp³-hybridized carbons (Fsp3) is 0.211. The zero-order valence-electron chi connectivity index (χ0n) is 16.0. The third kappa shape index (κ3) is 5.24. The van der Waals surface area contributed by atoms with Crippen molar-refractivity contribution in [1.29, 1.82) is 0 Å². The maximum absolute atomic E-state index is 12.8. The third-order valence-electron chi connectivity index (χ3n) is 4.50. The maximum atomic E-state index is 12.8. The summed E-state index contributed by atoms with van der Waals surface area (Å²) >= 11 is 5.12. The van der Waals surface area contributed by atoms with Gasteiger partial charge in [-0.2, -0.15) is 0 Å². The Morgan fingerprint density at radius 2 is 1.84 bits per heavy atom. The molecule has 11 nitrogen and oxygen atoms in total. The predicted molar refractivity (Wildman–Crippen MR) is 115 cm³/mol. The number of morpholine rings is 1. The van der Waals surface area contributed by atoms with Gasteiger partial charge >= 0.3 is 5.97 Å². The number of non-ortho nitro benzene ring substituents is 1. The number of anilines is 2. The highest BCUT2D eigenvalue weighted by Gasteiger charge is 2.23. The van der Waals surface area contributed by atoms with Crippen LogP contribution in [0.5, 0.6) is 5.75 Å². The molecular weight excluding hydrogens is 428 g/mol. The number of nitro benzene ring substituents is 1. The molecule has 4 N–H and O–H groups in total. The summed E-state index contributed by atoms with van der Waals surface area (Å²) in [7, 11) is 0. The van der Waals surface area contributed by atoms with Gasteiger partial charge in [0.2, 0.25) is 0 Å². The molecule has 1 amide bonds. The van der Waals surface area contributed by atoms with E-state index in [4.69, 9.17) is 22.1 Å². The van der Waals surface area contributed by atoms with Crippen molar-refractivity contribution in [1.82, 2.24) is 5.32 Å². The average molecular weight is 446 g/mol. The molecule has 0 unspecified atom stereocenters. The molecular formula is C19H18N4O7S.